The summed E-state index contributed by atoms with van der Waals surface area (Å²) in [6.07, 6.45) is 0. The maximum atomic E-state index is 13.1. The van der Waals surface area contributed by atoms with Crippen LogP contribution in [0.4, 0.5) is 4.39 Å². The van der Waals surface area contributed by atoms with Crippen LogP contribution >= 0.6 is 31.9 Å². The summed E-state index contributed by atoms with van der Waals surface area (Å²) in [7, 11) is 0. The highest BCUT2D eigenvalue weighted by atomic mass is 79.9. The van der Waals surface area contributed by atoms with Gasteiger partial charge in [0.25, 0.3) is 0 Å². The van der Waals surface area contributed by atoms with Crippen molar-refractivity contribution in [1.29, 1.82) is 0 Å². The van der Waals surface area contributed by atoms with Crippen molar-refractivity contribution >= 4 is 31.9 Å². The second kappa shape index (κ2) is 6.91. The maximum absolute atomic E-state index is 13.1. The molecular formula is C14H11Br2FO2. The molecule has 2 aromatic rings. The van der Waals surface area contributed by atoms with Gasteiger partial charge in [-0.1, -0.05) is 37.9 Å². The molecule has 19 heavy (non-hydrogen) atoms. The van der Waals surface area contributed by atoms with E-state index in [0.717, 1.165) is 10.2 Å². The summed E-state index contributed by atoms with van der Waals surface area (Å²) in [4.78, 5) is 0. The summed E-state index contributed by atoms with van der Waals surface area (Å²) in [6.45, 7) is 0.743. The average molecular weight is 390 g/mol. The zero-order chi connectivity index (χ0) is 13.7. The highest BCUT2D eigenvalue weighted by Crippen LogP contribution is 2.21. The molecule has 0 saturated carbocycles. The normalized spacial score (nSPS) is 10.3. The Hall–Kier alpha value is -1.07. The van der Waals surface area contributed by atoms with Crippen LogP contribution in [-0.2, 0) is 0 Å². The minimum absolute atomic E-state index is 0.336. The van der Waals surface area contributed by atoms with E-state index in [0.29, 0.717) is 23.4 Å². The van der Waals surface area contributed by atoms with Crippen molar-refractivity contribution in [3.63, 3.8) is 0 Å². The lowest BCUT2D eigenvalue weighted by Crippen LogP contribution is -2.09. The fraction of sp³-hybridized carbons (Fsp3) is 0.143. The first kappa shape index (κ1) is 14.3. The van der Waals surface area contributed by atoms with E-state index >= 15 is 0 Å². The minimum Gasteiger partial charge on any atom is -0.490 e. The summed E-state index contributed by atoms with van der Waals surface area (Å²) in [6, 6.07) is 12.0. The van der Waals surface area contributed by atoms with Crippen LogP contribution in [0.5, 0.6) is 11.5 Å². The van der Waals surface area contributed by atoms with Crippen LogP contribution in [0.3, 0.4) is 0 Å². The number of benzene rings is 2. The third-order valence-electron chi connectivity index (χ3n) is 2.25. The van der Waals surface area contributed by atoms with Crippen LogP contribution in [-0.4, -0.2) is 13.2 Å². The Bertz CT molecular complexity index is 541. The SMILES string of the molecule is Fc1cc(Br)cc(OCCOc2cccc(Br)c2)c1. The van der Waals surface area contributed by atoms with Gasteiger partial charge in [0.1, 0.15) is 30.5 Å². The molecule has 0 bridgehead atoms. The van der Waals surface area contributed by atoms with Crippen LogP contribution in [0.25, 0.3) is 0 Å². The molecule has 0 unspecified atom stereocenters. The van der Waals surface area contributed by atoms with E-state index in [2.05, 4.69) is 31.9 Å². The van der Waals surface area contributed by atoms with Crippen molar-refractivity contribution < 1.29 is 13.9 Å². The van der Waals surface area contributed by atoms with Gasteiger partial charge >= 0.3 is 0 Å². The first-order valence-corrected chi connectivity index (χ1v) is 7.19. The fourth-order valence-electron chi connectivity index (χ4n) is 1.49. The molecule has 0 heterocycles. The highest BCUT2D eigenvalue weighted by molar-refractivity contribution is 9.10. The second-order valence-electron chi connectivity index (χ2n) is 3.76. The Kier molecular flexibility index (Phi) is 5.22. The molecule has 0 atom stereocenters. The Morgan fingerprint density at radius 1 is 0.842 bits per heavy atom. The lowest BCUT2D eigenvalue weighted by atomic mass is 10.3. The molecule has 100 valence electrons. The zero-order valence-electron chi connectivity index (χ0n) is 9.91. The molecule has 2 aromatic carbocycles. The van der Waals surface area contributed by atoms with Gasteiger partial charge in [-0.3, -0.25) is 0 Å². The number of hydrogen-bond donors (Lipinski definition) is 0. The summed E-state index contributed by atoms with van der Waals surface area (Å²) in [5, 5.41) is 0. The topological polar surface area (TPSA) is 18.5 Å². The van der Waals surface area contributed by atoms with Gasteiger partial charge in [-0.2, -0.15) is 0 Å². The van der Waals surface area contributed by atoms with E-state index in [1.807, 2.05) is 24.3 Å². The summed E-state index contributed by atoms with van der Waals surface area (Å²) in [5.41, 5.74) is 0. The van der Waals surface area contributed by atoms with Gasteiger partial charge in [0.15, 0.2) is 0 Å². The molecule has 0 saturated heterocycles. The molecule has 0 amide bonds. The van der Waals surface area contributed by atoms with Crippen molar-refractivity contribution in [2.24, 2.45) is 0 Å². The lowest BCUT2D eigenvalue weighted by molar-refractivity contribution is 0.216. The smallest absolute Gasteiger partial charge is 0.128 e. The molecule has 0 aliphatic heterocycles. The van der Waals surface area contributed by atoms with Gasteiger partial charge in [-0.05, 0) is 30.3 Å². The van der Waals surface area contributed by atoms with E-state index < -0.39 is 0 Å². The third-order valence-corrected chi connectivity index (χ3v) is 3.20. The quantitative estimate of drug-likeness (QED) is 0.683. The van der Waals surface area contributed by atoms with Gasteiger partial charge in [-0.25, -0.2) is 4.39 Å². The fourth-order valence-corrected chi connectivity index (χ4v) is 2.31. The molecule has 0 spiro atoms. The van der Waals surface area contributed by atoms with Crippen LogP contribution < -0.4 is 9.47 Å². The maximum Gasteiger partial charge on any atom is 0.128 e. The molecule has 0 fully saturated rings. The largest absolute Gasteiger partial charge is 0.490 e. The van der Waals surface area contributed by atoms with Crippen molar-refractivity contribution in [3.8, 4) is 11.5 Å². The van der Waals surface area contributed by atoms with Gasteiger partial charge < -0.3 is 9.47 Å². The standard InChI is InChI=1S/C14H11Br2FO2/c15-10-2-1-3-13(7-10)18-4-5-19-14-8-11(16)6-12(17)9-14/h1-3,6-9H,4-5H2. The van der Waals surface area contributed by atoms with Crippen molar-refractivity contribution in [1.82, 2.24) is 0 Å². The Morgan fingerprint density at radius 2 is 1.53 bits per heavy atom. The second-order valence-corrected chi connectivity index (χ2v) is 5.59. The third kappa shape index (κ3) is 4.84. The van der Waals surface area contributed by atoms with Gasteiger partial charge in [0.2, 0.25) is 0 Å². The molecule has 0 aliphatic rings. The zero-order valence-corrected chi connectivity index (χ0v) is 13.1. The molecule has 2 nitrogen and oxygen atoms in total. The highest BCUT2D eigenvalue weighted by Gasteiger charge is 2.00. The average Bonchev–Trinajstić information content (AvgIpc) is 2.34. The first-order valence-electron chi connectivity index (χ1n) is 5.61. The number of ether oxygens (including phenoxy) is 2. The van der Waals surface area contributed by atoms with E-state index in [1.54, 1.807) is 6.07 Å². The Morgan fingerprint density at radius 3 is 2.21 bits per heavy atom. The summed E-state index contributed by atoms with van der Waals surface area (Å²) in [5.74, 6) is 0.903. The Labute approximate surface area is 127 Å². The lowest BCUT2D eigenvalue weighted by Gasteiger charge is -2.09. The van der Waals surface area contributed by atoms with Crippen molar-refractivity contribution in [3.05, 3.63) is 57.2 Å². The number of halogens is 3. The first-order chi connectivity index (χ1) is 9.13. The van der Waals surface area contributed by atoms with E-state index in [4.69, 9.17) is 9.47 Å². The molecule has 0 aromatic heterocycles. The molecule has 5 heteroatoms. The predicted molar refractivity (Wildman–Crippen MR) is 79.2 cm³/mol. The molecular weight excluding hydrogens is 379 g/mol. The summed E-state index contributed by atoms with van der Waals surface area (Å²) >= 11 is 6.58. The van der Waals surface area contributed by atoms with Crippen LogP contribution in [0.15, 0.2) is 51.4 Å². The van der Waals surface area contributed by atoms with Crippen LogP contribution in [0.1, 0.15) is 0 Å². The van der Waals surface area contributed by atoms with E-state index in [1.165, 1.54) is 12.1 Å². The summed E-state index contributed by atoms with van der Waals surface area (Å²) < 4.78 is 25.6. The van der Waals surface area contributed by atoms with E-state index in [-0.39, 0.29) is 5.82 Å². The molecule has 0 aliphatic carbocycles. The Balaban J connectivity index is 1.80. The predicted octanol–water partition coefficient (Wildman–Crippen LogP) is 4.81. The number of hydrogen-bond acceptors (Lipinski definition) is 2. The molecule has 2 rings (SSSR count). The van der Waals surface area contributed by atoms with Crippen LogP contribution in [0.2, 0.25) is 0 Å². The minimum atomic E-state index is -0.336. The molecule has 0 N–H and O–H groups in total. The van der Waals surface area contributed by atoms with Gasteiger partial charge in [-0.15, -0.1) is 0 Å². The van der Waals surface area contributed by atoms with Gasteiger partial charge in [0.05, 0.1) is 0 Å². The molecule has 0 radical (unpaired) electrons. The number of rotatable bonds is 5. The monoisotopic (exact) mass is 388 g/mol. The van der Waals surface area contributed by atoms with Gasteiger partial charge in [0, 0.05) is 15.0 Å². The van der Waals surface area contributed by atoms with E-state index in [9.17, 15) is 4.39 Å². The van der Waals surface area contributed by atoms with Crippen molar-refractivity contribution in [2.45, 2.75) is 0 Å². The van der Waals surface area contributed by atoms with Crippen molar-refractivity contribution in [2.75, 3.05) is 13.2 Å². The van der Waals surface area contributed by atoms with Crippen LogP contribution in [0, 0.1) is 5.82 Å².